The van der Waals surface area contributed by atoms with Crippen molar-refractivity contribution >= 4 is 23.7 Å². The van der Waals surface area contributed by atoms with E-state index in [4.69, 9.17) is 14.2 Å². The van der Waals surface area contributed by atoms with E-state index in [9.17, 15) is 9.59 Å². The standard InChI is InChI=1S/C20H21N3O5/c1-4-11-28-17-10-9-14(12-18(17)27-3)13-21-23-20(25)19(24)22-15-7-5-6-8-16(15)26-2/h4-10,12-13H,1,11H2,2-3H3,(H,22,24)(H,23,25)/b21-13-. The number of hydrogen-bond donors (Lipinski definition) is 2. The lowest BCUT2D eigenvalue weighted by atomic mass is 10.2. The third-order valence-corrected chi connectivity index (χ3v) is 3.49. The number of nitrogens with zero attached hydrogens (tertiary/aromatic N) is 1. The van der Waals surface area contributed by atoms with Crippen molar-refractivity contribution in [3.63, 3.8) is 0 Å². The van der Waals surface area contributed by atoms with Crippen molar-refractivity contribution in [3.8, 4) is 17.2 Å². The van der Waals surface area contributed by atoms with Crippen molar-refractivity contribution in [2.45, 2.75) is 0 Å². The van der Waals surface area contributed by atoms with Crippen molar-refractivity contribution in [2.75, 3.05) is 26.1 Å². The van der Waals surface area contributed by atoms with Crippen molar-refractivity contribution in [3.05, 3.63) is 60.7 Å². The van der Waals surface area contributed by atoms with Crippen molar-refractivity contribution in [2.24, 2.45) is 5.10 Å². The number of ether oxygens (including phenoxy) is 3. The predicted octanol–water partition coefficient (Wildman–Crippen LogP) is 2.36. The van der Waals surface area contributed by atoms with Crippen LogP contribution >= 0.6 is 0 Å². The summed E-state index contributed by atoms with van der Waals surface area (Å²) in [4.78, 5) is 23.9. The van der Waals surface area contributed by atoms with E-state index in [2.05, 4.69) is 22.4 Å². The van der Waals surface area contributed by atoms with E-state index in [1.165, 1.54) is 20.4 Å². The highest BCUT2D eigenvalue weighted by Gasteiger charge is 2.15. The van der Waals surface area contributed by atoms with Crippen LogP contribution in [-0.2, 0) is 9.59 Å². The summed E-state index contributed by atoms with van der Waals surface area (Å²) in [7, 11) is 2.98. The number of amides is 2. The van der Waals surface area contributed by atoms with Gasteiger partial charge in [0, 0.05) is 0 Å². The summed E-state index contributed by atoms with van der Waals surface area (Å²) in [5, 5.41) is 6.25. The number of methoxy groups -OCH3 is 2. The second kappa shape index (κ2) is 10.4. The number of carbonyl (C=O) groups is 2. The first-order valence-electron chi connectivity index (χ1n) is 8.28. The van der Waals surface area contributed by atoms with Crippen LogP contribution in [0.15, 0.2) is 60.2 Å². The van der Waals surface area contributed by atoms with Crippen molar-refractivity contribution < 1.29 is 23.8 Å². The third kappa shape index (κ3) is 5.60. The van der Waals surface area contributed by atoms with Crippen molar-refractivity contribution in [1.82, 2.24) is 5.43 Å². The van der Waals surface area contributed by atoms with E-state index in [-0.39, 0.29) is 0 Å². The molecule has 0 radical (unpaired) electrons. The molecule has 28 heavy (non-hydrogen) atoms. The predicted molar refractivity (Wildman–Crippen MR) is 106 cm³/mol. The highest BCUT2D eigenvalue weighted by atomic mass is 16.5. The molecule has 0 heterocycles. The van der Waals surface area contributed by atoms with Crippen LogP contribution in [0.3, 0.4) is 0 Å². The summed E-state index contributed by atoms with van der Waals surface area (Å²) in [5.74, 6) is -0.281. The summed E-state index contributed by atoms with van der Waals surface area (Å²) < 4.78 is 15.8. The molecular formula is C20H21N3O5. The van der Waals surface area contributed by atoms with Gasteiger partial charge in [0.2, 0.25) is 0 Å². The van der Waals surface area contributed by atoms with Crippen molar-refractivity contribution in [1.29, 1.82) is 0 Å². The lowest BCUT2D eigenvalue weighted by Crippen LogP contribution is -2.32. The number of rotatable bonds is 8. The minimum Gasteiger partial charge on any atom is -0.495 e. The molecule has 8 nitrogen and oxygen atoms in total. The Morgan fingerprint density at radius 1 is 1.04 bits per heavy atom. The molecule has 0 aromatic heterocycles. The van der Waals surface area contributed by atoms with Gasteiger partial charge in [-0.2, -0.15) is 5.10 Å². The van der Waals surface area contributed by atoms with Gasteiger partial charge in [0.15, 0.2) is 11.5 Å². The summed E-state index contributed by atoms with van der Waals surface area (Å²) in [6.07, 6.45) is 3.01. The SMILES string of the molecule is C=CCOc1ccc(/C=N\NC(=O)C(=O)Nc2ccccc2OC)cc1OC. The maximum atomic E-state index is 12.0. The van der Waals surface area contributed by atoms with Gasteiger partial charge in [0.05, 0.1) is 26.1 Å². The van der Waals surface area contributed by atoms with Crippen LogP contribution in [0.5, 0.6) is 17.2 Å². The third-order valence-electron chi connectivity index (χ3n) is 3.49. The molecule has 2 aromatic rings. The van der Waals surface area contributed by atoms with Crippen LogP contribution in [0.4, 0.5) is 5.69 Å². The van der Waals surface area contributed by atoms with E-state index in [0.29, 0.717) is 35.1 Å². The lowest BCUT2D eigenvalue weighted by molar-refractivity contribution is -0.136. The van der Waals surface area contributed by atoms with Crippen LogP contribution in [-0.4, -0.2) is 38.9 Å². The Kier molecular flexibility index (Phi) is 7.59. The van der Waals surface area contributed by atoms with E-state index in [1.54, 1.807) is 48.5 Å². The zero-order chi connectivity index (χ0) is 20.4. The van der Waals surface area contributed by atoms with E-state index >= 15 is 0 Å². The molecule has 0 atom stereocenters. The number of para-hydroxylation sites is 2. The quantitative estimate of drug-likeness (QED) is 0.316. The van der Waals surface area contributed by atoms with Gasteiger partial charge in [0.25, 0.3) is 0 Å². The fourth-order valence-electron chi connectivity index (χ4n) is 2.18. The lowest BCUT2D eigenvalue weighted by Gasteiger charge is -2.09. The molecular weight excluding hydrogens is 362 g/mol. The largest absolute Gasteiger partial charge is 0.495 e. The minimum atomic E-state index is -0.917. The average Bonchev–Trinajstić information content (AvgIpc) is 2.72. The molecule has 8 heteroatoms. The molecule has 2 N–H and O–H groups in total. The number of carbonyl (C=O) groups excluding carboxylic acids is 2. The van der Waals surface area contributed by atoms with Crippen LogP contribution in [0.1, 0.15) is 5.56 Å². The Hall–Kier alpha value is -3.81. The van der Waals surface area contributed by atoms with Gasteiger partial charge in [-0.3, -0.25) is 9.59 Å². The second-order valence-electron chi connectivity index (χ2n) is 5.36. The van der Waals surface area contributed by atoms with Crippen LogP contribution in [0, 0.1) is 0 Å². The Balaban J connectivity index is 1.97. The Labute approximate surface area is 162 Å². The summed E-state index contributed by atoms with van der Waals surface area (Å²) in [6.45, 7) is 3.94. The summed E-state index contributed by atoms with van der Waals surface area (Å²) >= 11 is 0. The highest BCUT2D eigenvalue weighted by Crippen LogP contribution is 2.27. The molecule has 0 spiro atoms. The second-order valence-corrected chi connectivity index (χ2v) is 5.36. The topological polar surface area (TPSA) is 98.2 Å². The van der Waals surface area contributed by atoms with Crippen LogP contribution in [0.25, 0.3) is 0 Å². The van der Waals surface area contributed by atoms with Gasteiger partial charge < -0.3 is 19.5 Å². The number of nitrogens with one attached hydrogen (secondary N) is 2. The molecule has 0 unspecified atom stereocenters. The van der Waals surface area contributed by atoms with E-state index < -0.39 is 11.8 Å². The van der Waals surface area contributed by atoms with Gasteiger partial charge in [-0.05, 0) is 35.9 Å². The number of benzene rings is 2. The smallest absolute Gasteiger partial charge is 0.329 e. The Morgan fingerprint density at radius 3 is 2.50 bits per heavy atom. The van der Waals surface area contributed by atoms with Gasteiger partial charge in [0.1, 0.15) is 12.4 Å². The molecule has 0 fully saturated rings. The molecule has 0 saturated heterocycles. The zero-order valence-electron chi connectivity index (χ0n) is 15.6. The zero-order valence-corrected chi connectivity index (χ0v) is 15.6. The molecule has 2 amide bonds. The number of hydrazone groups is 1. The first kappa shape index (κ1) is 20.5. The van der Waals surface area contributed by atoms with Crippen LogP contribution < -0.4 is 25.0 Å². The maximum Gasteiger partial charge on any atom is 0.329 e. The maximum absolute atomic E-state index is 12.0. The van der Waals surface area contributed by atoms with Gasteiger partial charge >= 0.3 is 11.8 Å². The number of anilines is 1. The monoisotopic (exact) mass is 383 g/mol. The molecule has 0 saturated carbocycles. The molecule has 0 aliphatic rings. The molecule has 2 rings (SSSR count). The van der Waals surface area contributed by atoms with Gasteiger partial charge in [-0.25, -0.2) is 5.43 Å². The molecule has 0 aliphatic carbocycles. The molecule has 0 bridgehead atoms. The van der Waals surface area contributed by atoms with E-state index in [1.807, 2.05) is 0 Å². The van der Waals surface area contributed by atoms with E-state index in [0.717, 1.165) is 0 Å². The summed E-state index contributed by atoms with van der Waals surface area (Å²) in [5.41, 5.74) is 3.20. The van der Waals surface area contributed by atoms with Gasteiger partial charge in [-0.15, -0.1) is 0 Å². The highest BCUT2D eigenvalue weighted by molar-refractivity contribution is 6.39. The fraction of sp³-hybridized carbons (Fsp3) is 0.150. The first-order chi connectivity index (χ1) is 13.6. The summed E-state index contributed by atoms with van der Waals surface area (Å²) in [6, 6.07) is 11.9. The normalized spacial score (nSPS) is 10.2. The molecule has 0 aliphatic heterocycles. The first-order valence-corrected chi connectivity index (χ1v) is 8.28. The minimum absolute atomic E-state index is 0.348. The fourth-order valence-corrected chi connectivity index (χ4v) is 2.18. The number of hydrogen-bond acceptors (Lipinski definition) is 6. The van der Waals surface area contributed by atoms with Gasteiger partial charge in [-0.1, -0.05) is 24.8 Å². The molecule has 146 valence electrons. The molecule has 2 aromatic carbocycles. The Bertz CT molecular complexity index is 880. The average molecular weight is 383 g/mol. The van der Waals surface area contributed by atoms with Crippen LogP contribution in [0.2, 0.25) is 0 Å². The Morgan fingerprint density at radius 2 is 1.79 bits per heavy atom.